The van der Waals surface area contributed by atoms with E-state index < -0.39 is 0 Å². The van der Waals surface area contributed by atoms with Crippen molar-refractivity contribution in [3.63, 3.8) is 0 Å². The Morgan fingerprint density at radius 1 is 1.08 bits per heavy atom. The van der Waals surface area contributed by atoms with Crippen molar-refractivity contribution in [3.8, 4) is 0 Å². The van der Waals surface area contributed by atoms with Gasteiger partial charge >= 0.3 is 0 Å². The van der Waals surface area contributed by atoms with Crippen molar-refractivity contribution in [2.24, 2.45) is 15.4 Å². The van der Waals surface area contributed by atoms with E-state index in [1.54, 1.807) is 6.20 Å². The van der Waals surface area contributed by atoms with Crippen LogP contribution in [0.1, 0.15) is 0 Å². The smallest absolute Gasteiger partial charge is 0.0947 e. The lowest BCUT2D eigenvalue weighted by atomic mass is 10.2. The molecule has 0 saturated heterocycles. The zero-order chi connectivity index (χ0) is 8.23. The molecule has 3 heteroatoms. The number of hydrogen-bond donors (Lipinski definition) is 0. The minimum atomic E-state index is 0.852. The number of nitrogens with zero attached hydrogens (tertiary/aromatic N) is 3. The summed E-state index contributed by atoms with van der Waals surface area (Å²) in [5, 5.41) is 13.1. The summed E-state index contributed by atoms with van der Waals surface area (Å²) in [6.07, 6.45) is 5.41. The second-order valence-electron chi connectivity index (χ2n) is 2.37. The molecule has 0 atom stereocenters. The third-order valence-corrected chi connectivity index (χ3v) is 1.57. The molecule has 1 aromatic carbocycles. The van der Waals surface area contributed by atoms with Crippen LogP contribution >= 0.6 is 0 Å². The summed E-state index contributed by atoms with van der Waals surface area (Å²) in [7, 11) is 0. The molecule has 0 aromatic heterocycles. The fourth-order valence-electron chi connectivity index (χ4n) is 1.01. The van der Waals surface area contributed by atoms with Crippen LogP contribution in [-0.2, 0) is 0 Å². The first-order valence-electron chi connectivity index (χ1n) is 3.66. The zero-order valence-corrected chi connectivity index (χ0v) is 6.38. The van der Waals surface area contributed by atoms with Crippen LogP contribution in [0.3, 0.4) is 0 Å². The summed E-state index contributed by atoms with van der Waals surface area (Å²) in [5.41, 5.74) is 0. The van der Waals surface area contributed by atoms with Crippen molar-refractivity contribution >= 4 is 6.08 Å². The summed E-state index contributed by atoms with van der Waals surface area (Å²) in [4.78, 5) is 0. The Morgan fingerprint density at radius 2 is 2.00 bits per heavy atom. The highest BCUT2D eigenvalue weighted by Gasteiger charge is 1.84. The Bertz CT molecular complexity index is 400. The summed E-state index contributed by atoms with van der Waals surface area (Å²) in [5.74, 6) is 0. The van der Waals surface area contributed by atoms with Crippen molar-refractivity contribution in [2.75, 3.05) is 0 Å². The van der Waals surface area contributed by atoms with Gasteiger partial charge in [-0.25, -0.2) is 0 Å². The van der Waals surface area contributed by atoms with E-state index in [0.717, 1.165) is 10.6 Å². The molecule has 0 unspecified atom stereocenters. The molecule has 0 amide bonds. The summed E-state index contributed by atoms with van der Waals surface area (Å²) >= 11 is 0. The predicted molar refractivity (Wildman–Crippen MR) is 45.7 cm³/mol. The van der Waals surface area contributed by atoms with Crippen LogP contribution in [0.4, 0.5) is 0 Å². The largest absolute Gasteiger partial charge is 0.139 e. The molecule has 0 spiro atoms. The normalized spacial score (nSPS) is 13.7. The van der Waals surface area contributed by atoms with Gasteiger partial charge in [-0.15, -0.1) is 10.2 Å². The molecular formula is C9H7N3. The predicted octanol–water partition coefficient (Wildman–Crippen LogP) is 0.981. The second-order valence-corrected chi connectivity index (χ2v) is 2.37. The molecule has 0 saturated carbocycles. The fraction of sp³-hybridized carbons (Fsp3) is 0. The summed E-state index contributed by atoms with van der Waals surface area (Å²) in [6.45, 7) is 0. The van der Waals surface area contributed by atoms with Gasteiger partial charge in [0.25, 0.3) is 0 Å². The van der Waals surface area contributed by atoms with Gasteiger partial charge in [0.15, 0.2) is 0 Å². The van der Waals surface area contributed by atoms with Gasteiger partial charge in [-0.3, -0.25) is 0 Å². The SMILES string of the molecule is C1=CN=NN=c2ccccc2=C1. The van der Waals surface area contributed by atoms with Crippen molar-refractivity contribution in [1.29, 1.82) is 0 Å². The van der Waals surface area contributed by atoms with Gasteiger partial charge in [-0.2, -0.15) is 0 Å². The van der Waals surface area contributed by atoms with Crippen LogP contribution in [0, 0.1) is 0 Å². The highest BCUT2D eigenvalue weighted by atomic mass is 15.4. The first-order valence-corrected chi connectivity index (χ1v) is 3.66. The Balaban J connectivity index is 2.80. The van der Waals surface area contributed by atoms with E-state index in [1.807, 2.05) is 36.4 Å². The van der Waals surface area contributed by atoms with E-state index >= 15 is 0 Å². The summed E-state index contributed by atoms with van der Waals surface area (Å²) < 4.78 is 0. The maximum absolute atomic E-state index is 3.92. The van der Waals surface area contributed by atoms with Crippen LogP contribution in [0.25, 0.3) is 6.08 Å². The lowest BCUT2D eigenvalue weighted by molar-refractivity contribution is 0.992. The molecule has 0 radical (unpaired) electrons. The van der Waals surface area contributed by atoms with Gasteiger partial charge in [0.05, 0.1) is 11.6 Å². The molecule has 58 valence electrons. The Morgan fingerprint density at radius 3 is 3.00 bits per heavy atom. The van der Waals surface area contributed by atoms with Gasteiger partial charge < -0.3 is 0 Å². The first kappa shape index (κ1) is 6.91. The maximum Gasteiger partial charge on any atom is 0.0947 e. The highest BCUT2D eigenvalue weighted by Crippen LogP contribution is 1.83. The molecule has 1 aromatic rings. The molecule has 2 rings (SSSR count). The first-order chi connectivity index (χ1) is 5.97. The van der Waals surface area contributed by atoms with Crippen LogP contribution in [0.5, 0.6) is 0 Å². The number of fused-ring (bicyclic) bond motifs is 1. The average Bonchev–Trinajstić information content (AvgIpc) is 2.06. The van der Waals surface area contributed by atoms with Crippen LogP contribution in [0.15, 0.2) is 52.0 Å². The van der Waals surface area contributed by atoms with E-state index in [0.29, 0.717) is 0 Å². The lowest BCUT2D eigenvalue weighted by Crippen LogP contribution is -2.23. The van der Waals surface area contributed by atoms with E-state index in [2.05, 4.69) is 15.4 Å². The third kappa shape index (κ3) is 1.29. The lowest BCUT2D eigenvalue weighted by Gasteiger charge is -1.87. The van der Waals surface area contributed by atoms with Crippen molar-refractivity contribution in [3.05, 3.63) is 47.1 Å². The standard InChI is InChI=1S/C9H7N3/c1-2-6-9-8(4-1)5-3-7-10-12-11-9/h1-7H. The van der Waals surface area contributed by atoms with Crippen LogP contribution in [0.2, 0.25) is 0 Å². The van der Waals surface area contributed by atoms with Gasteiger partial charge in [-0.05, 0) is 17.4 Å². The number of allylic oxidation sites excluding steroid dienone is 1. The van der Waals surface area contributed by atoms with Gasteiger partial charge in [0.2, 0.25) is 0 Å². The van der Waals surface area contributed by atoms with Crippen molar-refractivity contribution < 1.29 is 0 Å². The molecule has 3 nitrogen and oxygen atoms in total. The Hall–Kier alpha value is -1.77. The minimum Gasteiger partial charge on any atom is -0.139 e. The minimum absolute atomic E-state index is 0.852. The van der Waals surface area contributed by atoms with E-state index in [1.165, 1.54) is 0 Å². The quantitative estimate of drug-likeness (QED) is 0.538. The fourth-order valence-corrected chi connectivity index (χ4v) is 1.01. The van der Waals surface area contributed by atoms with Gasteiger partial charge in [-0.1, -0.05) is 24.3 Å². The Labute approximate surface area is 69.5 Å². The van der Waals surface area contributed by atoms with Gasteiger partial charge in [0, 0.05) is 5.22 Å². The number of hydrogen-bond acceptors (Lipinski definition) is 3. The van der Waals surface area contributed by atoms with Gasteiger partial charge in [0.1, 0.15) is 0 Å². The molecule has 0 N–H and O–H groups in total. The molecule has 1 aliphatic rings. The van der Waals surface area contributed by atoms with E-state index in [4.69, 9.17) is 0 Å². The molecule has 0 aliphatic carbocycles. The average molecular weight is 157 g/mol. The molecular weight excluding hydrogens is 150 g/mol. The zero-order valence-electron chi connectivity index (χ0n) is 6.38. The number of benzene rings is 1. The second kappa shape index (κ2) is 3.09. The monoisotopic (exact) mass is 157 g/mol. The van der Waals surface area contributed by atoms with Crippen LogP contribution in [-0.4, -0.2) is 0 Å². The topological polar surface area (TPSA) is 37.1 Å². The Kier molecular flexibility index (Phi) is 1.78. The molecule has 0 bridgehead atoms. The van der Waals surface area contributed by atoms with E-state index in [9.17, 15) is 0 Å². The maximum atomic E-state index is 3.92. The summed E-state index contributed by atoms with van der Waals surface area (Å²) in [6, 6.07) is 7.79. The molecule has 1 aliphatic heterocycles. The van der Waals surface area contributed by atoms with Crippen molar-refractivity contribution in [1.82, 2.24) is 0 Å². The molecule has 12 heavy (non-hydrogen) atoms. The van der Waals surface area contributed by atoms with E-state index in [-0.39, 0.29) is 0 Å². The molecule has 1 heterocycles. The van der Waals surface area contributed by atoms with Crippen molar-refractivity contribution in [2.45, 2.75) is 0 Å². The van der Waals surface area contributed by atoms with Crippen LogP contribution < -0.4 is 10.6 Å². The third-order valence-electron chi connectivity index (χ3n) is 1.57. The molecule has 0 fully saturated rings. The highest BCUT2D eigenvalue weighted by molar-refractivity contribution is 5.36. The number of rotatable bonds is 0.